The summed E-state index contributed by atoms with van der Waals surface area (Å²) in [6.07, 6.45) is 0. The van der Waals surface area contributed by atoms with E-state index in [1.165, 1.54) is 13.0 Å². The number of thiophene rings is 1. The SMILES string of the molecule is CC(=O)c1sc(Cl)cc1[N+](=O)[O-]. The van der Waals surface area contributed by atoms with Crippen molar-refractivity contribution in [3.63, 3.8) is 0 Å². The molecule has 1 aromatic heterocycles. The first-order valence-electron chi connectivity index (χ1n) is 2.97. The van der Waals surface area contributed by atoms with Gasteiger partial charge in [-0.3, -0.25) is 14.9 Å². The van der Waals surface area contributed by atoms with E-state index in [1.54, 1.807) is 0 Å². The molecular formula is C6H4ClNO3S. The lowest BCUT2D eigenvalue weighted by atomic mass is 10.3. The predicted octanol–water partition coefficient (Wildman–Crippen LogP) is 2.51. The minimum Gasteiger partial charge on any atom is -0.293 e. The topological polar surface area (TPSA) is 60.2 Å². The highest BCUT2D eigenvalue weighted by Gasteiger charge is 2.21. The Morgan fingerprint density at radius 3 is 2.67 bits per heavy atom. The van der Waals surface area contributed by atoms with E-state index in [-0.39, 0.29) is 20.7 Å². The predicted molar refractivity (Wildman–Crippen MR) is 46.0 cm³/mol. The van der Waals surface area contributed by atoms with E-state index >= 15 is 0 Å². The molecule has 1 heterocycles. The molecule has 0 radical (unpaired) electrons. The van der Waals surface area contributed by atoms with Gasteiger partial charge in [-0.1, -0.05) is 11.6 Å². The Hall–Kier alpha value is -0.940. The van der Waals surface area contributed by atoms with Crippen molar-refractivity contribution in [1.82, 2.24) is 0 Å². The fourth-order valence-corrected chi connectivity index (χ4v) is 1.82. The van der Waals surface area contributed by atoms with Crippen molar-refractivity contribution in [1.29, 1.82) is 0 Å². The zero-order chi connectivity index (χ0) is 9.30. The summed E-state index contributed by atoms with van der Waals surface area (Å²) in [6.45, 7) is 1.27. The average molecular weight is 206 g/mol. The van der Waals surface area contributed by atoms with Crippen LogP contribution in [0.15, 0.2) is 6.07 Å². The molecule has 0 spiro atoms. The maximum Gasteiger partial charge on any atom is 0.292 e. The zero-order valence-corrected chi connectivity index (χ0v) is 7.61. The Morgan fingerprint density at radius 2 is 2.33 bits per heavy atom. The summed E-state index contributed by atoms with van der Waals surface area (Å²) in [6, 6.07) is 1.18. The Bertz CT molecular complexity index is 315. The van der Waals surface area contributed by atoms with Crippen LogP contribution in [0.4, 0.5) is 5.69 Å². The van der Waals surface area contributed by atoms with Crippen molar-refractivity contribution in [3.05, 3.63) is 25.4 Å². The molecular weight excluding hydrogens is 202 g/mol. The van der Waals surface area contributed by atoms with E-state index < -0.39 is 4.92 Å². The van der Waals surface area contributed by atoms with Crippen LogP contribution in [-0.4, -0.2) is 10.7 Å². The molecule has 0 aliphatic heterocycles. The third-order valence-corrected chi connectivity index (χ3v) is 2.55. The number of ketones is 1. The molecule has 64 valence electrons. The summed E-state index contributed by atoms with van der Waals surface area (Å²) in [4.78, 5) is 20.7. The number of nitrogens with zero attached hydrogens (tertiary/aromatic N) is 1. The molecule has 0 saturated heterocycles. The van der Waals surface area contributed by atoms with Gasteiger partial charge in [0.2, 0.25) is 0 Å². The molecule has 0 fully saturated rings. The van der Waals surface area contributed by atoms with E-state index in [0.29, 0.717) is 0 Å². The summed E-state index contributed by atoms with van der Waals surface area (Å²) in [5, 5.41) is 10.3. The first-order chi connectivity index (χ1) is 5.52. The second kappa shape index (κ2) is 3.20. The van der Waals surface area contributed by atoms with Gasteiger partial charge in [0.1, 0.15) is 9.21 Å². The van der Waals surface area contributed by atoms with Crippen molar-refractivity contribution in [2.45, 2.75) is 6.92 Å². The van der Waals surface area contributed by atoms with Crippen LogP contribution >= 0.6 is 22.9 Å². The van der Waals surface area contributed by atoms with E-state index in [2.05, 4.69) is 0 Å². The summed E-state index contributed by atoms with van der Waals surface area (Å²) < 4.78 is 0.256. The monoisotopic (exact) mass is 205 g/mol. The van der Waals surface area contributed by atoms with E-state index in [9.17, 15) is 14.9 Å². The number of rotatable bonds is 2. The minimum atomic E-state index is -0.612. The molecule has 0 aliphatic carbocycles. The number of carbonyl (C=O) groups excluding carboxylic acids is 1. The highest BCUT2D eigenvalue weighted by molar-refractivity contribution is 7.18. The highest BCUT2D eigenvalue weighted by atomic mass is 35.5. The van der Waals surface area contributed by atoms with Gasteiger partial charge in [-0.15, -0.1) is 11.3 Å². The minimum absolute atomic E-state index is 0.102. The van der Waals surface area contributed by atoms with Crippen LogP contribution in [0.3, 0.4) is 0 Å². The highest BCUT2D eigenvalue weighted by Crippen LogP contribution is 2.32. The molecule has 0 N–H and O–H groups in total. The van der Waals surface area contributed by atoms with Crippen LogP contribution in [0.1, 0.15) is 16.6 Å². The third-order valence-electron chi connectivity index (χ3n) is 1.20. The first-order valence-corrected chi connectivity index (χ1v) is 4.16. The normalized spacial score (nSPS) is 9.83. The smallest absolute Gasteiger partial charge is 0.292 e. The van der Waals surface area contributed by atoms with E-state index in [0.717, 1.165) is 11.3 Å². The Kier molecular flexibility index (Phi) is 2.44. The molecule has 1 rings (SSSR count). The van der Waals surface area contributed by atoms with E-state index in [4.69, 9.17) is 11.6 Å². The fraction of sp³-hybridized carbons (Fsp3) is 0.167. The van der Waals surface area contributed by atoms with Crippen LogP contribution in [0.25, 0.3) is 0 Å². The number of nitro groups is 1. The molecule has 12 heavy (non-hydrogen) atoms. The van der Waals surface area contributed by atoms with Crippen LogP contribution in [0.5, 0.6) is 0 Å². The molecule has 4 nitrogen and oxygen atoms in total. The van der Waals surface area contributed by atoms with Gasteiger partial charge < -0.3 is 0 Å². The lowest BCUT2D eigenvalue weighted by Crippen LogP contribution is -1.94. The van der Waals surface area contributed by atoms with Gasteiger partial charge in [-0.25, -0.2) is 0 Å². The average Bonchev–Trinajstić information content (AvgIpc) is 2.31. The third kappa shape index (κ3) is 1.62. The summed E-state index contributed by atoms with van der Waals surface area (Å²) in [5.41, 5.74) is -0.211. The van der Waals surface area contributed by atoms with Crippen LogP contribution in [0, 0.1) is 10.1 Å². The second-order valence-electron chi connectivity index (χ2n) is 2.08. The molecule has 0 unspecified atom stereocenters. The lowest BCUT2D eigenvalue weighted by molar-refractivity contribution is -0.384. The van der Waals surface area contributed by atoms with Crippen LogP contribution in [0.2, 0.25) is 4.34 Å². The van der Waals surface area contributed by atoms with Crippen LogP contribution in [-0.2, 0) is 0 Å². The fourth-order valence-electron chi connectivity index (χ4n) is 0.740. The van der Waals surface area contributed by atoms with Gasteiger partial charge in [-0.2, -0.15) is 0 Å². The zero-order valence-electron chi connectivity index (χ0n) is 6.04. The van der Waals surface area contributed by atoms with Gasteiger partial charge in [0.25, 0.3) is 5.69 Å². The van der Waals surface area contributed by atoms with Crippen molar-refractivity contribution in [2.75, 3.05) is 0 Å². The number of carbonyl (C=O) groups is 1. The van der Waals surface area contributed by atoms with E-state index in [1.807, 2.05) is 0 Å². The largest absolute Gasteiger partial charge is 0.293 e. The number of hydrogen-bond acceptors (Lipinski definition) is 4. The number of hydrogen-bond donors (Lipinski definition) is 0. The molecule has 0 atom stereocenters. The summed E-state index contributed by atoms with van der Waals surface area (Å²) in [5.74, 6) is -0.335. The summed E-state index contributed by atoms with van der Waals surface area (Å²) >= 11 is 6.44. The molecule has 0 bridgehead atoms. The maximum absolute atomic E-state index is 10.8. The molecule has 0 aliphatic rings. The van der Waals surface area contributed by atoms with Crippen molar-refractivity contribution < 1.29 is 9.72 Å². The Morgan fingerprint density at radius 1 is 1.75 bits per heavy atom. The standard InChI is InChI=1S/C6H4ClNO3S/c1-3(9)6-4(8(10)11)2-5(7)12-6/h2H,1H3. The van der Waals surface area contributed by atoms with Gasteiger partial charge in [0.05, 0.1) is 4.92 Å². The van der Waals surface area contributed by atoms with Crippen molar-refractivity contribution >= 4 is 34.4 Å². The Balaban J connectivity index is 3.26. The molecule has 1 aromatic rings. The van der Waals surface area contributed by atoms with Gasteiger partial charge in [-0.05, 0) is 0 Å². The lowest BCUT2D eigenvalue weighted by Gasteiger charge is -1.87. The quantitative estimate of drug-likeness (QED) is 0.423. The van der Waals surface area contributed by atoms with Gasteiger partial charge in [0, 0.05) is 13.0 Å². The first kappa shape index (κ1) is 9.15. The van der Waals surface area contributed by atoms with Gasteiger partial charge >= 0.3 is 0 Å². The molecule has 0 saturated carbocycles. The molecule has 0 amide bonds. The van der Waals surface area contributed by atoms with Crippen LogP contribution < -0.4 is 0 Å². The molecule has 0 aromatic carbocycles. The van der Waals surface area contributed by atoms with Gasteiger partial charge in [0.15, 0.2) is 5.78 Å². The number of Topliss-reactive ketones (excluding diaryl/α,β-unsaturated/α-hetero) is 1. The molecule has 6 heteroatoms. The summed E-state index contributed by atoms with van der Waals surface area (Å²) in [7, 11) is 0. The van der Waals surface area contributed by atoms with Crippen molar-refractivity contribution in [2.24, 2.45) is 0 Å². The van der Waals surface area contributed by atoms with Crippen molar-refractivity contribution in [3.8, 4) is 0 Å². The second-order valence-corrected chi connectivity index (χ2v) is 3.76. The Labute approximate surface area is 76.9 Å². The number of halogens is 1. The maximum atomic E-state index is 10.8.